The van der Waals surface area contributed by atoms with Crippen LogP contribution in [0.2, 0.25) is 0 Å². The predicted octanol–water partition coefficient (Wildman–Crippen LogP) is 24.3. The number of carbonyl (C=O) groups is 4. The number of carboxylic acids is 3. The fourth-order valence-corrected chi connectivity index (χ4v) is 8.09. The van der Waals surface area contributed by atoms with Crippen molar-refractivity contribution in [3.63, 3.8) is 0 Å². The summed E-state index contributed by atoms with van der Waals surface area (Å²) in [5, 5.41) is 62.5. The summed E-state index contributed by atoms with van der Waals surface area (Å²) in [6.45, 7) is 9.14. The SMILES string of the molecule is C.C.CC/C=C\C/C=C\C/C=C\C/C=C\C/C=C\CC#CCCCC(=O)O.CC/C=C\CC(O)/C=C/C=C\C/C=C\C=C\[C@@H](C/C=C\CCOC=O)OO.CC/C=C\C[C@@H](/C=C/CCCCCC/C=C\C/C=C\CCC(=O)O)OO.CC/C=C\C[C@@H](O)/C=C/C=C\C/C=C\C/C=C\C/C=C\CCC(=O)O. The highest BCUT2D eigenvalue weighted by Crippen LogP contribution is 2.10. The van der Waals surface area contributed by atoms with E-state index in [2.05, 4.69) is 176 Å². The molecule has 4 atom stereocenters. The minimum atomic E-state index is -0.754. The van der Waals surface area contributed by atoms with Crippen LogP contribution in [0.1, 0.15) is 248 Å². The molecule has 105 heavy (non-hydrogen) atoms. The van der Waals surface area contributed by atoms with E-state index in [0.29, 0.717) is 70.9 Å². The van der Waals surface area contributed by atoms with Crippen molar-refractivity contribution >= 4 is 24.4 Å². The van der Waals surface area contributed by atoms with E-state index in [1.165, 1.54) is 19.3 Å². The van der Waals surface area contributed by atoms with Crippen LogP contribution in [0.5, 0.6) is 0 Å². The summed E-state index contributed by atoms with van der Waals surface area (Å²) in [6.07, 6.45) is 110. The number of carboxylic acid groups (broad SMARTS) is 3. The summed E-state index contributed by atoms with van der Waals surface area (Å²) in [5.41, 5.74) is 0. The minimum Gasteiger partial charge on any atom is -0.481 e. The molecule has 1 unspecified atom stereocenters. The van der Waals surface area contributed by atoms with Gasteiger partial charge in [-0.1, -0.05) is 317 Å². The molecule has 0 aromatic heterocycles. The number of allylic oxidation sites excluding steroid dienone is 33. The van der Waals surface area contributed by atoms with E-state index < -0.39 is 36.2 Å². The molecule has 7 N–H and O–H groups in total. The summed E-state index contributed by atoms with van der Waals surface area (Å²) in [6, 6.07) is 0. The van der Waals surface area contributed by atoms with Gasteiger partial charge >= 0.3 is 17.9 Å². The highest BCUT2D eigenvalue weighted by atomic mass is 17.1. The van der Waals surface area contributed by atoms with Crippen LogP contribution in [0.15, 0.2) is 255 Å². The molecule has 0 bridgehead atoms. The molecule has 588 valence electrons. The lowest BCUT2D eigenvalue weighted by molar-refractivity contribution is -0.264. The van der Waals surface area contributed by atoms with Gasteiger partial charge in [0.1, 0.15) is 12.2 Å². The number of hydrogen-bond acceptors (Lipinski definition) is 11. The van der Waals surface area contributed by atoms with Crippen molar-refractivity contribution in [2.24, 2.45) is 0 Å². The highest BCUT2D eigenvalue weighted by molar-refractivity contribution is 5.67. The normalized spacial score (nSPS) is 13.6. The minimum absolute atomic E-state index is 0. The lowest BCUT2D eigenvalue weighted by atomic mass is 10.1. The molecule has 0 heterocycles. The Labute approximate surface area is 637 Å². The van der Waals surface area contributed by atoms with Gasteiger partial charge in [0.15, 0.2) is 0 Å². The van der Waals surface area contributed by atoms with Crippen molar-refractivity contribution in [2.75, 3.05) is 6.61 Å². The number of hydrogen-bond donors (Lipinski definition) is 7. The lowest BCUT2D eigenvalue weighted by Crippen LogP contribution is -2.05. The monoisotopic (exact) mass is 1460 g/mol. The first-order chi connectivity index (χ1) is 50.4. The van der Waals surface area contributed by atoms with E-state index in [4.69, 9.17) is 25.8 Å². The molecule has 0 aliphatic heterocycles. The molecule has 0 aromatic rings. The first-order valence-corrected chi connectivity index (χ1v) is 37.3. The Hall–Kier alpha value is -8.26. The second-order valence-corrected chi connectivity index (χ2v) is 23.0. The van der Waals surface area contributed by atoms with Gasteiger partial charge < -0.3 is 30.3 Å². The van der Waals surface area contributed by atoms with Crippen molar-refractivity contribution < 1.29 is 69.7 Å². The molecule has 14 nitrogen and oxygen atoms in total. The number of unbranched alkanes of at least 4 members (excludes halogenated alkanes) is 6. The summed E-state index contributed by atoms with van der Waals surface area (Å²) >= 11 is 0. The Kier molecular flexibility index (Phi) is 100. The fourth-order valence-electron chi connectivity index (χ4n) is 8.09. The summed E-state index contributed by atoms with van der Waals surface area (Å²) in [7, 11) is 0. The van der Waals surface area contributed by atoms with Crippen molar-refractivity contribution in [3.05, 3.63) is 255 Å². The van der Waals surface area contributed by atoms with Crippen molar-refractivity contribution in [1.82, 2.24) is 0 Å². The van der Waals surface area contributed by atoms with Crippen LogP contribution in [-0.4, -0.2) is 91.4 Å². The zero-order chi connectivity index (χ0) is 76.3. The second-order valence-electron chi connectivity index (χ2n) is 23.0. The third-order valence-corrected chi connectivity index (χ3v) is 13.6. The van der Waals surface area contributed by atoms with Gasteiger partial charge in [-0.15, -0.1) is 5.92 Å². The molecule has 0 saturated heterocycles. The first-order valence-electron chi connectivity index (χ1n) is 37.3. The quantitative estimate of drug-likeness (QED) is 0.00571. The van der Waals surface area contributed by atoms with E-state index in [1.807, 2.05) is 115 Å². The van der Waals surface area contributed by atoms with Gasteiger partial charge in [0, 0.05) is 32.1 Å². The van der Waals surface area contributed by atoms with Crippen LogP contribution in [0.3, 0.4) is 0 Å². The third kappa shape index (κ3) is 107. The number of ether oxygens (including phenoxy) is 1. The summed E-state index contributed by atoms with van der Waals surface area (Å²) in [5.74, 6) is 3.77. The molecular formula is C91H140O14. The highest BCUT2D eigenvalue weighted by Gasteiger charge is 2.02. The van der Waals surface area contributed by atoms with E-state index in [-0.39, 0.29) is 40.2 Å². The fraction of sp³-hybridized carbons (Fsp3) is 0.473. The Bertz CT molecular complexity index is 2700. The van der Waals surface area contributed by atoms with Gasteiger partial charge in [0.2, 0.25) is 0 Å². The van der Waals surface area contributed by atoms with Crippen LogP contribution in [0.4, 0.5) is 0 Å². The lowest BCUT2D eigenvalue weighted by Gasteiger charge is -2.05. The zero-order valence-corrected chi connectivity index (χ0v) is 63.0. The number of rotatable bonds is 60. The van der Waals surface area contributed by atoms with E-state index in [0.717, 1.165) is 109 Å². The second kappa shape index (κ2) is 97.8. The summed E-state index contributed by atoms with van der Waals surface area (Å²) in [4.78, 5) is 49.8. The van der Waals surface area contributed by atoms with Crippen LogP contribution in [0, 0.1) is 11.8 Å². The smallest absolute Gasteiger partial charge is 0.303 e. The van der Waals surface area contributed by atoms with Crippen LogP contribution < -0.4 is 0 Å². The molecule has 0 saturated carbocycles. The third-order valence-electron chi connectivity index (χ3n) is 13.6. The van der Waals surface area contributed by atoms with Crippen LogP contribution in [-0.2, 0) is 33.7 Å². The van der Waals surface area contributed by atoms with Crippen LogP contribution in [0.25, 0.3) is 0 Å². The Balaban J connectivity index is -0.000000309. The van der Waals surface area contributed by atoms with Gasteiger partial charge in [-0.25, -0.2) is 9.78 Å². The molecule has 0 aliphatic carbocycles. The van der Waals surface area contributed by atoms with Crippen molar-refractivity contribution in [3.8, 4) is 11.8 Å². The average Bonchev–Trinajstić information content (AvgIpc) is 3.14. The predicted molar refractivity (Wildman–Crippen MR) is 446 cm³/mol. The molecular weight excluding hydrogens is 1320 g/mol. The van der Waals surface area contributed by atoms with Gasteiger partial charge in [-0.3, -0.25) is 29.7 Å². The number of aliphatic hydroxyl groups is 2. The Morgan fingerprint density at radius 1 is 0.333 bits per heavy atom. The van der Waals surface area contributed by atoms with Gasteiger partial charge in [-0.05, 0) is 161 Å². The van der Waals surface area contributed by atoms with Gasteiger partial charge in [0.05, 0.1) is 18.8 Å². The first kappa shape index (κ1) is 108. The largest absolute Gasteiger partial charge is 0.481 e. The van der Waals surface area contributed by atoms with Gasteiger partial charge in [-0.2, -0.15) is 0 Å². The van der Waals surface area contributed by atoms with Crippen molar-refractivity contribution in [1.29, 1.82) is 0 Å². The molecule has 0 radical (unpaired) electrons. The summed E-state index contributed by atoms with van der Waals surface area (Å²) < 4.78 is 4.56. The Morgan fingerprint density at radius 3 is 1.09 bits per heavy atom. The molecule has 0 spiro atoms. The van der Waals surface area contributed by atoms with Gasteiger partial charge in [0.25, 0.3) is 6.47 Å². The zero-order valence-electron chi connectivity index (χ0n) is 63.0. The molecule has 0 rings (SSSR count). The van der Waals surface area contributed by atoms with Crippen LogP contribution >= 0.6 is 0 Å². The maximum atomic E-state index is 10.3. The molecule has 0 aromatic carbocycles. The number of aliphatic hydroxyl groups excluding tert-OH is 2. The molecule has 0 aliphatic rings. The average molecular weight is 1460 g/mol. The maximum absolute atomic E-state index is 10.3. The topological polar surface area (TPSA) is 238 Å². The number of carbonyl (C=O) groups excluding carboxylic acids is 1. The molecule has 0 amide bonds. The molecule has 0 fully saturated rings. The Morgan fingerprint density at radius 2 is 0.667 bits per heavy atom. The van der Waals surface area contributed by atoms with E-state index in [1.54, 1.807) is 18.2 Å². The maximum Gasteiger partial charge on any atom is 0.303 e. The standard InChI is InChI=1S/C23H32O2.C22H32O5.C22H36O4.C22H32O3.2CH4/c1-2-3-4-5-6-7-8-9-10-11-12-13-14-15-16-17-18-19-20-21-22-23(24)25;1-2-3-10-15-21(24)16-11-7-5-4-6-8-12-17-22(27-25)18-13-9-14-19-26-20-23;1-2-3-15-18-21(26-25)19-16-13-11-9-7-5-4-6-8-10-12-14-17-20-22(23)24;1-2-3-15-18-21(23)19-16-13-11-9-7-5-4-6-8-10-12-14-17-20-22(24)25;;/h3-4,6-7,9-10,12-13,15-16H,2,5,8,11,14,17,20-22H2,1H3,(H,24,25);3,5-13,16-17,20-22,24-25H,2,4,14-15,18-19H2,1H3;3,6,8,12,14-16,19,21,25H,2,4-5,7,9-11,13,17-18,20H2,1H3,(H,23,24);3,5-8,11-16,19,21,23H,2,4,9-10,17-18,20H2,1H3,(H,24,25);2*1H4/b4-3-,7-6-,10-9-,13-12-,16-15-;7-5-,8-6-,10-3-,13-9-,16-11+,17-12+;8-6-,14-12-,15-3-,19-16+;7-5-,8-6-,13-11-,14-12-,15-3-,19-16+;;/t;21?,22-;2*21-;;/m.001../s1. The molecule has 14 heteroatoms. The van der Waals surface area contributed by atoms with Crippen molar-refractivity contribution in [2.45, 2.75) is 272 Å². The van der Waals surface area contributed by atoms with E-state index >= 15 is 0 Å². The van der Waals surface area contributed by atoms with E-state index in [9.17, 15) is 29.4 Å². The number of aliphatic carboxylic acids is 3.